The number of sulfonamides is 1. The first-order valence-corrected chi connectivity index (χ1v) is 8.51. The molecule has 0 aromatic rings. The van der Waals surface area contributed by atoms with Gasteiger partial charge in [0.05, 0.1) is 5.75 Å². The number of nitrogens with zero attached hydrogens (tertiary/aromatic N) is 2. The quantitative estimate of drug-likeness (QED) is 0.698. The average Bonchev–Trinajstić information content (AvgIpc) is 3.07. The summed E-state index contributed by atoms with van der Waals surface area (Å²) in [5.41, 5.74) is 0. The summed E-state index contributed by atoms with van der Waals surface area (Å²) in [6.45, 7) is 5.13. The highest BCUT2D eigenvalue weighted by molar-refractivity contribution is 7.89. The molecule has 2 fully saturated rings. The first-order valence-electron chi connectivity index (χ1n) is 6.90. The van der Waals surface area contributed by atoms with Crippen LogP contribution in [0.1, 0.15) is 26.2 Å². The van der Waals surface area contributed by atoms with Crippen molar-refractivity contribution in [3.8, 4) is 0 Å². The average molecular weight is 275 g/mol. The Morgan fingerprint density at radius 2 is 2.00 bits per heavy atom. The van der Waals surface area contributed by atoms with Crippen LogP contribution in [0.25, 0.3) is 0 Å². The summed E-state index contributed by atoms with van der Waals surface area (Å²) in [4.78, 5) is 2.19. The predicted molar refractivity (Wildman–Crippen MR) is 73.1 cm³/mol. The summed E-state index contributed by atoms with van der Waals surface area (Å²) in [6.07, 6.45) is 3.22. The van der Waals surface area contributed by atoms with Gasteiger partial charge < -0.3 is 10.2 Å². The van der Waals surface area contributed by atoms with Crippen molar-refractivity contribution >= 4 is 10.0 Å². The molecule has 106 valence electrons. The number of rotatable bonds is 6. The van der Waals surface area contributed by atoms with Crippen molar-refractivity contribution in [1.29, 1.82) is 0 Å². The zero-order valence-corrected chi connectivity index (χ0v) is 12.2. The lowest BCUT2D eigenvalue weighted by atomic mass is 10.2. The van der Waals surface area contributed by atoms with Crippen molar-refractivity contribution in [1.82, 2.24) is 14.5 Å². The van der Waals surface area contributed by atoms with Gasteiger partial charge in [-0.25, -0.2) is 8.42 Å². The molecule has 0 bridgehead atoms. The fraction of sp³-hybridized carbons (Fsp3) is 1.00. The molecular weight excluding hydrogens is 250 g/mol. The van der Waals surface area contributed by atoms with Gasteiger partial charge in [-0.3, -0.25) is 0 Å². The number of hydrogen-bond acceptors (Lipinski definition) is 4. The molecule has 2 aliphatic rings. The number of hydrogen-bond donors (Lipinski definition) is 1. The van der Waals surface area contributed by atoms with Crippen LogP contribution in [0.5, 0.6) is 0 Å². The third kappa shape index (κ3) is 3.91. The largest absolute Gasteiger partial charge is 0.314 e. The van der Waals surface area contributed by atoms with Gasteiger partial charge in [-0.05, 0) is 39.8 Å². The molecule has 0 spiro atoms. The van der Waals surface area contributed by atoms with E-state index in [9.17, 15) is 8.42 Å². The zero-order valence-electron chi connectivity index (χ0n) is 11.4. The first kappa shape index (κ1) is 14.2. The van der Waals surface area contributed by atoms with Crippen LogP contribution in [0, 0.1) is 0 Å². The maximum Gasteiger partial charge on any atom is 0.214 e. The number of nitrogens with one attached hydrogen (secondary N) is 1. The van der Waals surface area contributed by atoms with Crippen molar-refractivity contribution in [2.24, 2.45) is 0 Å². The van der Waals surface area contributed by atoms with Crippen LogP contribution >= 0.6 is 0 Å². The Hall–Kier alpha value is -0.170. The highest BCUT2D eigenvalue weighted by Gasteiger charge is 2.31. The van der Waals surface area contributed by atoms with E-state index in [2.05, 4.69) is 10.2 Å². The van der Waals surface area contributed by atoms with Crippen molar-refractivity contribution in [2.75, 3.05) is 39.0 Å². The van der Waals surface area contributed by atoms with E-state index in [0.717, 1.165) is 26.1 Å². The fourth-order valence-corrected chi connectivity index (χ4v) is 4.22. The van der Waals surface area contributed by atoms with Crippen LogP contribution in [0.3, 0.4) is 0 Å². The van der Waals surface area contributed by atoms with E-state index in [1.54, 1.807) is 4.31 Å². The van der Waals surface area contributed by atoms with Crippen LogP contribution in [-0.4, -0.2) is 68.7 Å². The van der Waals surface area contributed by atoms with Gasteiger partial charge in [0.15, 0.2) is 0 Å². The smallest absolute Gasteiger partial charge is 0.214 e. The van der Waals surface area contributed by atoms with E-state index >= 15 is 0 Å². The van der Waals surface area contributed by atoms with Gasteiger partial charge in [-0.15, -0.1) is 0 Å². The Balaban J connectivity index is 1.77. The highest BCUT2D eigenvalue weighted by Crippen LogP contribution is 2.18. The van der Waals surface area contributed by atoms with Gasteiger partial charge >= 0.3 is 0 Å². The molecule has 0 amide bonds. The Morgan fingerprint density at radius 3 is 2.61 bits per heavy atom. The summed E-state index contributed by atoms with van der Waals surface area (Å²) >= 11 is 0. The summed E-state index contributed by atoms with van der Waals surface area (Å²) in [5, 5.41) is 3.36. The topological polar surface area (TPSA) is 52.7 Å². The zero-order chi connectivity index (χ0) is 13.2. The highest BCUT2D eigenvalue weighted by atomic mass is 32.2. The van der Waals surface area contributed by atoms with Crippen LogP contribution in [-0.2, 0) is 10.0 Å². The maximum absolute atomic E-state index is 12.2. The molecule has 1 N–H and O–H groups in total. The summed E-state index contributed by atoms with van der Waals surface area (Å²) in [7, 11) is -1.03. The summed E-state index contributed by atoms with van der Waals surface area (Å²) in [5.74, 6) is 0.279. The predicted octanol–water partition coefficient (Wildman–Crippen LogP) is 0.0942. The molecule has 0 aromatic heterocycles. The molecule has 1 aliphatic heterocycles. The molecule has 6 heteroatoms. The van der Waals surface area contributed by atoms with Crippen molar-refractivity contribution in [3.63, 3.8) is 0 Å². The minimum atomic E-state index is -3.07. The van der Waals surface area contributed by atoms with Crippen LogP contribution in [0.4, 0.5) is 0 Å². The molecule has 1 saturated carbocycles. The molecule has 2 rings (SSSR count). The Bertz CT molecular complexity index is 368. The third-order valence-corrected chi connectivity index (χ3v) is 5.78. The minimum Gasteiger partial charge on any atom is -0.314 e. The van der Waals surface area contributed by atoms with E-state index in [1.807, 2.05) is 14.0 Å². The van der Waals surface area contributed by atoms with Gasteiger partial charge in [-0.2, -0.15) is 4.31 Å². The van der Waals surface area contributed by atoms with Gasteiger partial charge in [0, 0.05) is 31.7 Å². The van der Waals surface area contributed by atoms with Crippen LogP contribution in [0.15, 0.2) is 0 Å². The molecule has 1 aliphatic carbocycles. The monoisotopic (exact) mass is 275 g/mol. The second-order valence-corrected chi connectivity index (χ2v) is 7.66. The van der Waals surface area contributed by atoms with E-state index in [1.165, 1.54) is 12.8 Å². The summed E-state index contributed by atoms with van der Waals surface area (Å²) in [6, 6.07) is 0.764. The van der Waals surface area contributed by atoms with Crippen LogP contribution in [0.2, 0.25) is 0 Å². The van der Waals surface area contributed by atoms with E-state index in [0.29, 0.717) is 12.6 Å². The Morgan fingerprint density at radius 1 is 1.28 bits per heavy atom. The van der Waals surface area contributed by atoms with Crippen molar-refractivity contribution in [2.45, 2.75) is 38.3 Å². The molecule has 0 radical (unpaired) electrons. The SMILES string of the molecule is CC1CN(C)CCN1S(=O)(=O)CCCNC1CC1. The van der Waals surface area contributed by atoms with Crippen molar-refractivity contribution < 1.29 is 8.42 Å². The molecule has 5 nitrogen and oxygen atoms in total. The van der Waals surface area contributed by atoms with Gasteiger partial charge in [0.2, 0.25) is 10.0 Å². The third-order valence-electron chi connectivity index (χ3n) is 3.72. The standard InChI is InChI=1S/C12H25N3O2S/c1-11-10-14(2)7-8-15(11)18(16,17)9-3-6-13-12-4-5-12/h11-13H,3-10H2,1-2H3. The van der Waals surface area contributed by atoms with Crippen LogP contribution < -0.4 is 5.32 Å². The molecular formula is C12H25N3O2S. The van der Waals surface area contributed by atoms with E-state index < -0.39 is 10.0 Å². The second kappa shape index (κ2) is 5.86. The Kier molecular flexibility index (Phi) is 4.64. The lowest BCUT2D eigenvalue weighted by molar-refractivity contribution is 0.170. The fourth-order valence-electron chi connectivity index (χ4n) is 2.50. The Labute approximate surface area is 111 Å². The van der Waals surface area contributed by atoms with Gasteiger partial charge in [0.1, 0.15) is 0 Å². The van der Waals surface area contributed by atoms with Gasteiger partial charge in [0.25, 0.3) is 0 Å². The molecule has 1 saturated heterocycles. The molecule has 18 heavy (non-hydrogen) atoms. The van der Waals surface area contributed by atoms with E-state index in [4.69, 9.17) is 0 Å². The van der Waals surface area contributed by atoms with Crippen molar-refractivity contribution in [3.05, 3.63) is 0 Å². The normalized spacial score (nSPS) is 27.6. The van der Waals surface area contributed by atoms with Gasteiger partial charge in [-0.1, -0.05) is 0 Å². The lowest BCUT2D eigenvalue weighted by Crippen LogP contribution is -2.53. The maximum atomic E-state index is 12.2. The first-order chi connectivity index (χ1) is 8.49. The summed E-state index contributed by atoms with van der Waals surface area (Å²) < 4.78 is 26.2. The second-order valence-electron chi connectivity index (χ2n) is 5.62. The number of piperazine rings is 1. The molecule has 1 unspecified atom stereocenters. The number of likely N-dealkylation sites (N-methyl/N-ethyl adjacent to an activating group) is 1. The minimum absolute atomic E-state index is 0.102. The molecule has 0 aromatic carbocycles. The lowest BCUT2D eigenvalue weighted by Gasteiger charge is -2.37. The molecule has 1 heterocycles. The molecule has 1 atom stereocenters. The van der Waals surface area contributed by atoms with E-state index in [-0.39, 0.29) is 11.8 Å².